The van der Waals surface area contributed by atoms with E-state index in [0.717, 1.165) is 0 Å². The van der Waals surface area contributed by atoms with Gasteiger partial charge in [0, 0.05) is 6.42 Å². The van der Waals surface area contributed by atoms with E-state index < -0.39 is 72.6 Å². The van der Waals surface area contributed by atoms with E-state index in [1.54, 1.807) is 20.1 Å². The minimum Gasteiger partial charge on any atom is -0.481 e. The lowest BCUT2D eigenvalue weighted by atomic mass is 10.0. The Morgan fingerprint density at radius 2 is 1.30 bits per heavy atom. The molecule has 33 heavy (non-hydrogen) atoms. The van der Waals surface area contributed by atoms with Gasteiger partial charge >= 0.3 is 17.9 Å². The van der Waals surface area contributed by atoms with E-state index in [1.165, 1.54) is 11.8 Å². The van der Waals surface area contributed by atoms with Gasteiger partial charge in [0.1, 0.15) is 18.1 Å². The summed E-state index contributed by atoms with van der Waals surface area (Å²) in [5.74, 6) is -6.64. The maximum absolute atomic E-state index is 12.7. The third-order valence-corrected chi connectivity index (χ3v) is 5.18. The summed E-state index contributed by atoms with van der Waals surface area (Å²) in [6.45, 7) is 3.30. The number of hydrogen-bond acceptors (Lipinski definition) is 8. The number of nitrogens with two attached hydrogens (primary N) is 1. The number of amides is 3. The van der Waals surface area contributed by atoms with Crippen LogP contribution in [0.25, 0.3) is 0 Å². The van der Waals surface area contributed by atoms with Crippen LogP contribution in [0.2, 0.25) is 0 Å². The Labute approximate surface area is 195 Å². The number of aliphatic carboxylic acids is 3. The summed E-state index contributed by atoms with van der Waals surface area (Å²) in [5.41, 5.74) is 5.71. The van der Waals surface area contributed by atoms with E-state index in [4.69, 9.17) is 15.9 Å². The van der Waals surface area contributed by atoms with Crippen LogP contribution in [0.4, 0.5) is 0 Å². The smallest absolute Gasteiger partial charge is 0.326 e. The molecular formula is C19H32N4O9S. The molecule has 0 saturated carbocycles. The molecule has 13 nitrogen and oxygen atoms in total. The third-order valence-electron chi connectivity index (χ3n) is 4.54. The van der Waals surface area contributed by atoms with Crippen LogP contribution in [0.5, 0.6) is 0 Å². The van der Waals surface area contributed by atoms with Gasteiger partial charge in [-0.25, -0.2) is 4.79 Å². The van der Waals surface area contributed by atoms with Crippen LogP contribution in [0.15, 0.2) is 0 Å². The molecule has 0 aromatic heterocycles. The van der Waals surface area contributed by atoms with Gasteiger partial charge in [0.15, 0.2) is 0 Å². The molecule has 4 atom stereocenters. The first-order valence-electron chi connectivity index (χ1n) is 10.1. The molecule has 0 radical (unpaired) electrons. The first-order valence-corrected chi connectivity index (χ1v) is 11.5. The second-order valence-corrected chi connectivity index (χ2v) is 8.59. The summed E-state index contributed by atoms with van der Waals surface area (Å²) >= 11 is 1.36. The standard InChI is InChI=1S/C19H32N4O9S/c1-9(2)15(20)18(30)23-12(8-14(26)27)17(29)21-10(4-5-13(24)25)16(28)22-11(19(31)32)6-7-33-3/h9-12,15H,4-8,20H2,1-3H3,(H,21,29)(H,22,28)(H,23,30)(H,24,25)(H,26,27)(H,31,32). The SMILES string of the molecule is CSCCC(NC(=O)C(CCC(=O)O)NC(=O)C(CC(=O)O)NC(=O)C(N)C(C)C)C(=O)O. The average molecular weight is 493 g/mol. The summed E-state index contributed by atoms with van der Waals surface area (Å²) < 4.78 is 0. The number of rotatable bonds is 16. The predicted octanol–water partition coefficient (Wildman–Crippen LogP) is -1.40. The van der Waals surface area contributed by atoms with Crippen LogP contribution in [0.1, 0.15) is 39.5 Å². The minimum absolute atomic E-state index is 0.0899. The third kappa shape index (κ3) is 12.1. The molecule has 0 aliphatic carbocycles. The van der Waals surface area contributed by atoms with Gasteiger partial charge in [0.25, 0.3) is 0 Å². The number of nitrogens with one attached hydrogen (secondary N) is 3. The Kier molecular flexibility index (Phi) is 13.7. The second-order valence-electron chi connectivity index (χ2n) is 7.60. The lowest BCUT2D eigenvalue weighted by Gasteiger charge is -2.25. The summed E-state index contributed by atoms with van der Waals surface area (Å²) in [6, 6.07) is -5.36. The van der Waals surface area contributed by atoms with Gasteiger partial charge in [-0.3, -0.25) is 24.0 Å². The molecule has 0 rings (SSSR count). The number of carbonyl (C=O) groups is 6. The molecule has 0 aliphatic rings. The van der Waals surface area contributed by atoms with Crippen molar-refractivity contribution in [1.82, 2.24) is 16.0 Å². The predicted molar refractivity (Wildman–Crippen MR) is 118 cm³/mol. The Morgan fingerprint density at radius 3 is 1.76 bits per heavy atom. The van der Waals surface area contributed by atoms with Gasteiger partial charge in [0.05, 0.1) is 12.5 Å². The van der Waals surface area contributed by atoms with Gasteiger partial charge in [-0.15, -0.1) is 0 Å². The molecule has 0 fully saturated rings. The zero-order valence-electron chi connectivity index (χ0n) is 18.7. The molecule has 0 aliphatic heterocycles. The number of hydrogen-bond donors (Lipinski definition) is 7. The molecule has 0 saturated heterocycles. The highest BCUT2D eigenvalue weighted by atomic mass is 32.2. The molecule has 4 unspecified atom stereocenters. The van der Waals surface area contributed by atoms with Crippen molar-refractivity contribution in [2.75, 3.05) is 12.0 Å². The second kappa shape index (κ2) is 15.1. The fraction of sp³-hybridized carbons (Fsp3) is 0.684. The fourth-order valence-corrected chi connectivity index (χ4v) is 3.00. The van der Waals surface area contributed by atoms with Gasteiger partial charge in [-0.2, -0.15) is 11.8 Å². The molecule has 3 amide bonds. The minimum atomic E-state index is -1.59. The number of carboxylic acid groups (broad SMARTS) is 3. The van der Waals surface area contributed by atoms with Crippen molar-refractivity contribution in [3.63, 3.8) is 0 Å². The molecule has 188 valence electrons. The summed E-state index contributed by atoms with van der Waals surface area (Å²) in [6.07, 6.45) is 0.0998. The zero-order chi connectivity index (χ0) is 25.7. The van der Waals surface area contributed by atoms with E-state index in [9.17, 15) is 33.9 Å². The van der Waals surface area contributed by atoms with Crippen LogP contribution >= 0.6 is 11.8 Å². The molecule has 0 aromatic carbocycles. The Balaban J connectivity index is 5.56. The largest absolute Gasteiger partial charge is 0.481 e. The molecule has 0 bridgehead atoms. The summed E-state index contributed by atoms with van der Waals surface area (Å²) in [7, 11) is 0. The number of carboxylic acids is 3. The highest BCUT2D eigenvalue weighted by Gasteiger charge is 2.32. The molecule has 14 heteroatoms. The maximum atomic E-state index is 12.7. The topological polar surface area (TPSA) is 225 Å². The van der Waals surface area contributed by atoms with E-state index >= 15 is 0 Å². The van der Waals surface area contributed by atoms with Crippen LogP contribution in [0, 0.1) is 5.92 Å². The van der Waals surface area contributed by atoms with E-state index in [0.29, 0.717) is 5.75 Å². The van der Waals surface area contributed by atoms with Crippen LogP contribution in [-0.4, -0.2) is 87.1 Å². The van der Waals surface area contributed by atoms with Gasteiger partial charge in [0.2, 0.25) is 17.7 Å². The van der Waals surface area contributed by atoms with Crippen molar-refractivity contribution in [3.8, 4) is 0 Å². The molecule has 8 N–H and O–H groups in total. The number of thioether (sulfide) groups is 1. The van der Waals surface area contributed by atoms with E-state index in [2.05, 4.69) is 16.0 Å². The zero-order valence-corrected chi connectivity index (χ0v) is 19.5. The Bertz CT molecular complexity index is 732. The maximum Gasteiger partial charge on any atom is 0.326 e. The normalized spacial score (nSPS) is 14.5. The van der Waals surface area contributed by atoms with Crippen molar-refractivity contribution < 1.29 is 44.1 Å². The van der Waals surface area contributed by atoms with Crippen molar-refractivity contribution in [3.05, 3.63) is 0 Å². The van der Waals surface area contributed by atoms with E-state index in [-0.39, 0.29) is 18.8 Å². The van der Waals surface area contributed by atoms with E-state index in [1.807, 2.05) is 0 Å². The lowest BCUT2D eigenvalue weighted by molar-refractivity contribution is -0.143. The monoisotopic (exact) mass is 492 g/mol. The van der Waals surface area contributed by atoms with Gasteiger partial charge < -0.3 is 37.0 Å². The van der Waals surface area contributed by atoms with Crippen molar-refractivity contribution in [2.24, 2.45) is 11.7 Å². The highest BCUT2D eigenvalue weighted by molar-refractivity contribution is 7.98. The Morgan fingerprint density at radius 1 is 0.788 bits per heavy atom. The summed E-state index contributed by atoms with van der Waals surface area (Å²) in [5, 5.41) is 34.0. The van der Waals surface area contributed by atoms with Crippen molar-refractivity contribution in [1.29, 1.82) is 0 Å². The van der Waals surface area contributed by atoms with Crippen molar-refractivity contribution in [2.45, 2.75) is 63.7 Å². The quantitative estimate of drug-likeness (QED) is 0.133. The van der Waals surface area contributed by atoms with Crippen LogP contribution < -0.4 is 21.7 Å². The molecule has 0 aromatic rings. The highest BCUT2D eigenvalue weighted by Crippen LogP contribution is 2.06. The first kappa shape index (κ1) is 30.1. The average Bonchev–Trinajstić information content (AvgIpc) is 2.71. The summed E-state index contributed by atoms with van der Waals surface area (Å²) in [4.78, 5) is 71.0. The van der Waals surface area contributed by atoms with Crippen LogP contribution in [-0.2, 0) is 28.8 Å². The van der Waals surface area contributed by atoms with Gasteiger partial charge in [-0.05, 0) is 30.8 Å². The molecular weight excluding hydrogens is 460 g/mol. The first-order chi connectivity index (χ1) is 15.3. The van der Waals surface area contributed by atoms with Gasteiger partial charge in [-0.1, -0.05) is 13.8 Å². The molecule has 0 heterocycles. The van der Waals surface area contributed by atoms with Crippen molar-refractivity contribution >= 4 is 47.4 Å². The Hall–Kier alpha value is -2.87. The fourth-order valence-electron chi connectivity index (χ4n) is 2.53. The lowest BCUT2D eigenvalue weighted by Crippen LogP contribution is -2.58. The number of carbonyl (C=O) groups excluding carboxylic acids is 3. The molecule has 0 spiro atoms. The van der Waals surface area contributed by atoms with Crippen LogP contribution in [0.3, 0.4) is 0 Å².